The van der Waals surface area contributed by atoms with Crippen molar-refractivity contribution in [1.29, 1.82) is 0 Å². The fraction of sp³-hybridized carbons (Fsp3) is 0.111. The molecular weight excluding hydrogens is 436 g/mol. The second-order valence-corrected chi connectivity index (χ2v) is 8.62. The summed E-state index contributed by atoms with van der Waals surface area (Å²) in [6.07, 6.45) is 13.2. The number of pyridine rings is 3. The van der Waals surface area contributed by atoms with E-state index in [9.17, 15) is 0 Å². The van der Waals surface area contributed by atoms with E-state index in [4.69, 9.17) is 4.98 Å². The molecule has 3 N–H and O–H groups in total. The van der Waals surface area contributed by atoms with E-state index < -0.39 is 0 Å². The van der Waals surface area contributed by atoms with E-state index in [0.29, 0.717) is 6.54 Å². The summed E-state index contributed by atoms with van der Waals surface area (Å²) in [6, 6.07) is 12.5. The predicted molar refractivity (Wildman–Crippen MR) is 140 cm³/mol. The first-order chi connectivity index (χ1) is 17.2. The molecule has 0 saturated carbocycles. The molecule has 1 aliphatic heterocycles. The van der Waals surface area contributed by atoms with Gasteiger partial charge in [-0.15, -0.1) is 0 Å². The second kappa shape index (κ2) is 8.66. The highest BCUT2D eigenvalue weighted by atomic mass is 15.4. The second-order valence-electron chi connectivity index (χ2n) is 8.62. The van der Waals surface area contributed by atoms with Crippen molar-refractivity contribution in [3.8, 4) is 22.3 Å². The molecule has 6 rings (SSSR count). The van der Waals surface area contributed by atoms with Gasteiger partial charge in [-0.05, 0) is 29.8 Å². The zero-order chi connectivity index (χ0) is 23.8. The Morgan fingerprint density at radius 1 is 0.829 bits per heavy atom. The number of anilines is 2. The summed E-state index contributed by atoms with van der Waals surface area (Å²) in [4.78, 5) is 23.7. The van der Waals surface area contributed by atoms with Crippen molar-refractivity contribution in [3.05, 3.63) is 91.0 Å². The van der Waals surface area contributed by atoms with Gasteiger partial charge in [-0.25, -0.2) is 10.4 Å². The summed E-state index contributed by atoms with van der Waals surface area (Å²) >= 11 is 0. The topological polar surface area (TPSA) is 94.7 Å². The van der Waals surface area contributed by atoms with Crippen LogP contribution in [-0.4, -0.2) is 45.6 Å². The Morgan fingerprint density at radius 3 is 2.57 bits per heavy atom. The van der Waals surface area contributed by atoms with E-state index in [-0.39, 0.29) is 0 Å². The Labute approximate surface area is 202 Å². The molecule has 1 aliphatic rings. The molecule has 4 aromatic heterocycles. The number of aromatic nitrogens is 5. The third kappa shape index (κ3) is 3.89. The molecule has 5 aromatic rings. The minimum Gasteiger partial charge on any atom is -0.376 e. The van der Waals surface area contributed by atoms with E-state index in [0.717, 1.165) is 61.6 Å². The molecule has 0 fully saturated rings. The average molecular weight is 461 g/mol. The van der Waals surface area contributed by atoms with Gasteiger partial charge in [-0.3, -0.25) is 15.0 Å². The van der Waals surface area contributed by atoms with Gasteiger partial charge in [0.2, 0.25) is 0 Å². The van der Waals surface area contributed by atoms with Crippen molar-refractivity contribution in [2.24, 2.45) is 0 Å². The maximum Gasteiger partial charge on any atom is 0.138 e. The van der Waals surface area contributed by atoms with Crippen molar-refractivity contribution in [1.82, 2.24) is 30.3 Å². The first kappa shape index (κ1) is 21.0. The van der Waals surface area contributed by atoms with Crippen LogP contribution in [0.5, 0.6) is 0 Å². The maximum atomic E-state index is 5.03. The third-order valence-electron chi connectivity index (χ3n) is 6.14. The highest BCUT2D eigenvalue weighted by molar-refractivity contribution is 5.95. The number of benzene rings is 1. The van der Waals surface area contributed by atoms with Crippen LogP contribution < -0.4 is 15.8 Å². The van der Waals surface area contributed by atoms with Crippen LogP contribution in [0, 0.1) is 0 Å². The number of nitrogens with zero attached hydrogens (tertiary/aromatic N) is 5. The van der Waals surface area contributed by atoms with E-state index >= 15 is 0 Å². The minimum absolute atomic E-state index is 0.655. The summed E-state index contributed by atoms with van der Waals surface area (Å²) in [7, 11) is 4.04. The summed E-state index contributed by atoms with van der Waals surface area (Å²) < 4.78 is 0. The van der Waals surface area contributed by atoms with E-state index in [1.165, 1.54) is 0 Å². The van der Waals surface area contributed by atoms with Gasteiger partial charge in [0, 0.05) is 73.3 Å². The minimum atomic E-state index is 0.655. The Hall–Kier alpha value is -4.56. The molecule has 0 atom stereocenters. The van der Waals surface area contributed by atoms with Gasteiger partial charge in [0.05, 0.1) is 34.8 Å². The SMILES string of the molecule is CN(C)c1cncc(-c2ccc3c(c2)C(c2nc4c(-c5cccnc5)cncc4[nH]2)=CCNN3)c1. The first-order valence-corrected chi connectivity index (χ1v) is 11.4. The largest absolute Gasteiger partial charge is 0.376 e. The molecule has 0 bridgehead atoms. The molecular formula is C27H24N8. The van der Waals surface area contributed by atoms with E-state index in [1.807, 2.05) is 57.2 Å². The summed E-state index contributed by atoms with van der Waals surface area (Å²) in [5.74, 6) is 0.794. The van der Waals surface area contributed by atoms with Gasteiger partial charge in [0.15, 0.2) is 0 Å². The number of imidazole rings is 1. The van der Waals surface area contributed by atoms with Gasteiger partial charge >= 0.3 is 0 Å². The molecule has 35 heavy (non-hydrogen) atoms. The summed E-state index contributed by atoms with van der Waals surface area (Å²) in [5.41, 5.74) is 16.5. The Bertz CT molecular complexity index is 1550. The van der Waals surface area contributed by atoms with Crippen molar-refractivity contribution in [2.75, 3.05) is 31.0 Å². The zero-order valence-corrected chi connectivity index (χ0v) is 19.4. The molecule has 0 saturated heterocycles. The lowest BCUT2D eigenvalue weighted by atomic mass is 9.97. The van der Waals surface area contributed by atoms with Crippen LogP contribution in [0.1, 0.15) is 11.4 Å². The van der Waals surface area contributed by atoms with Crippen molar-refractivity contribution in [3.63, 3.8) is 0 Å². The normalized spacial score (nSPS) is 13.0. The number of hydrogen-bond acceptors (Lipinski definition) is 7. The van der Waals surface area contributed by atoms with Crippen molar-refractivity contribution < 1.29 is 0 Å². The molecule has 0 unspecified atom stereocenters. The predicted octanol–water partition coefficient (Wildman–Crippen LogP) is 4.51. The third-order valence-corrected chi connectivity index (χ3v) is 6.14. The Kier molecular flexibility index (Phi) is 5.20. The number of aromatic amines is 1. The quantitative estimate of drug-likeness (QED) is 0.363. The van der Waals surface area contributed by atoms with Crippen molar-refractivity contribution >= 4 is 28.0 Å². The fourth-order valence-electron chi connectivity index (χ4n) is 4.31. The standard InChI is InChI=1S/C27H24N8/c1-35(2)20-10-19(13-29-14-20)17-5-6-24-22(11-17)21(7-9-31-34-24)27-32-25-16-30-15-23(26(25)33-27)18-4-3-8-28-12-18/h3-8,10-16,31,34H,9H2,1-2H3,(H,32,33). The van der Waals surface area contributed by atoms with Crippen LogP contribution in [0.15, 0.2) is 79.7 Å². The highest BCUT2D eigenvalue weighted by Gasteiger charge is 2.19. The molecule has 0 radical (unpaired) electrons. The van der Waals surface area contributed by atoms with Crippen LogP contribution in [0.3, 0.4) is 0 Å². The number of hydrazine groups is 1. The summed E-state index contributed by atoms with van der Waals surface area (Å²) in [5, 5.41) is 0. The average Bonchev–Trinajstić information content (AvgIpc) is 3.22. The smallest absolute Gasteiger partial charge is 0.138 e. The molecule has 1 aromatic carbocycles. The van der Waals surface area contributed by atoms with E-state index in [1.54, 1.807) is 6.20 Å². The molecule has 8 heteroatoms. The lowest BCUT2D eigenvalue weighted by molar-refractivity contribution is 0.902. The molecule has 172 valence electrons. The van der Waals surface area contributed by atoms with Crippen LogP contribution in [0.4, 0.5) is 11.4 Å². The molecule has 5 heterocycles. The molecule has 0 aliphatic carbocycles. The van der Waals surface area contributed by atoms with Gasteiger partial charge in [-0.2, -0.15) is 0 Å². The van der Waals surface area contributed by atoms with Gasteiger partial charge in [-0.1, -0.05) is 18.2 Å². The molecule has 8 nitrogen and oxygen atoms in total. The highest BCUT2D eigenvalue weighted by Crippen LogP contribution is 2.35. The molecule has 0 spiro atoms. The van der Waals surface area contributed by atoms with Crippen molar-refractivity contribution in [2.45, 2.75) is 0 Å². The number of nitrogens with one attached hydrogen (secondary N) is 3. The first-order valence-electron chi connectivity index (χ1n) is 11.4. The number of fused-ring (bicyclic) bond motifs is 2. The Balaban J connectivity index is 1.47. The van der Waals surface area contributed by atoms with Crippen LogP contribution in [0.2, 0.25) is 0 Å². The number of hydrogen-bond donors (Lipinski definition) is 3. The number of H-pyrrole nitrogens is 1. The lowest BCUT2D eigenvalue weighted by Gasteiger charge is -2.15. The Morgan fingerprint density at radius 2 is 1.71 bits per heavy atom. The van der Waals surface area contributed by atoms with Crippen LogP contribution in [0.25, 0.3) is 38.9 Å². The van der Waals surface area contributed by atoms with Gasteiger partial charge < -0.3 is 15.3 Å². The van der Waals surface area contributed by atoms with Crippen LogP contribution >= 0.6 is 0 Å². The van der Waals surface area contributed by atoms with Gasteiger partial charge in [0.1, 0.15) is 5.82 Å². The summed E-state index contributed by atoms with van der Waals surface area (Å²) in [6.45, 7) is 0.655. The van der Waals surface area contributed by atoms with Gasteiger partial charge in [0.25, 0.3) is 0 Å². The fourth-order valence-corrected chi connectivity index (χ4v) is 4.31. The maximum absolute atomic E-state index is 5.03. The zero-order valence-electron chi connectivity index (χ0n) is 19.4. The molecule has 0 amide bonds. The van der Waals surface area contributed by atoms with E-state index in [2.05, 4.69) is 66.0 Å². The monoisotopic (exact) mass is 460 g/mol. The lowest BCUT2D eigenvalue weighted by Crippen LogP contribution is -2.20. The number of rotatable bonds is 4. The van der Waals surface area contributed by atoms with Crippen LogP contribution in [-0.2, 0) is 0 Å².